The van der Waals surface area contributed by atoms with Gasteiger partial charge in [0.25, 0.3) is 0 Å². The summed E-state index contributed by atoms with van der Waals surface area (Å²) in [5, 5.41) is 20.2. The van der Waals surface area contributed by atoms with Crippen LogP contribution in [-0.2, 0) is 11.2 Å². The molecule has 0 unspecified atom stereocenters. The topological polar surface area (TPSA) is 73.8 Å². The molecule has 0 radical (unpaired) electrons. The quantitative estimate of drug-likeness (QED) is 0.593. The number of nitriles is 1. The van der Waals surface area contributed by atoms with E-state index in [0.29, 0.717) is 5.92 Å². The Bertz CT molecular complexity index is 1180. The van der Waals surface area contributed by atoms with Gasteiger partial charge in [0.2, 0.25) is 0 Å². The van der Waals surface area contributed by atoms with Gasteiger partial charge in [0.05, 0.1) is 16.6 Å². The number of anilines is 1. The maximum atomic E-state index is 10.3. The summed E-state index contributed by atoms with van der Waals surface area (Å²) in [6, 6.07) is 10.7. The van der Waals surface area contributed by atoms with Crippen LogP contribution in [0.2, 0.25) is 0 Å². The zero-order valence-corrected chi connectivity index (χ0v) is 20.3. The molecule has 0 bridgehead atoms. The highest BCUT2D eigenvalue weighted by Gasteiger charge is 2.34. The molecule has 1 aromatic carbocycles. The number of hydrogen-bond donors (Lipinski definition) is 1. The van der Waals surface area contributed by atoms with Crippen molar-refractivity contribution < 1.29 is 9.84 Å². The van der Waals surface area contributed by atoms with E-state index in [2.05, 4.69) is 35.3 Å². The van der Waals surface area contributed by atoms with Crippen LogP contribution in [0.5, 0.6) is 0 Å². The van der Waals surface area contributed by atoms with Crippen molar-refractivity contribution in [3.05, 3.63) is 41.0 Å². The van der Waals surface area contributed by atoms with Crippen LogP contribution in [0.1, 0.15) is 62.1 Å². The van der Waals surface area contributed by atoms with Crippen LogP contribution >= 0.6 is 12.4 Å². The maximum Gasteiger partial charge on any atom is 0.157 e. The number of aliphatic hydroxyl groups excluding tert-OH is 1. The number of pyridine rings is 1. The molecule has 0 atom stereocenters. The highest BCUT2D eigenvalue weighted by molar-refractivity contribution is 5.86. The van der Waals surface area contributed by atoms with Crippen molar-refractivity contribution in [2.75, 3.05) is 37.8 Å². The second-order valence-electron chi connectivity index (χ2n) is 9.66. The first-order chi connectivity index (χ1) is 15.6. The number of aliphatic hydroxyl groups is 1. The summed E-state index contributed by atoms with van der Waals surface area (Å²) in [6.07, 6.45) is 4.66. The summed E-state index contributed by atoms with van der Waals surface area (Å²) < 4.78 is 7.88. The largest absolute Gasteiger partial charge is 0.396 e. The number of halogens is 1. The van der Waals surface area contributed by atoms with E-state index >= 15 is 0 Å². The third-order valence-corrected chi connectivity index (χ3v) is 7.61. The smallest absolute Gasteiger partial charge is 0.157 e. The van der Waals surface area contributed by atoms with Crippen molar-refractivity contribution in [3.63, 3.8) is 0 Å². The predicted octanol–water partition coefficient (Wildman–Crippen LogP) is 4.84. The van der Waals surface area contributed by atoms with Crippen LogP contribution in [-0.4, -0.2) is 47.4 Å². The van der Waals surface area contributed by atoms with E-state index < -0.39 is 0 Å². The van der Waals surface area contributed by atoms with Gasteiger partial charge in [-0.15, -0.1) is 12.4 Å². The van der Waals surface area contributed by atoms with Crippen molar-refractivity contribution in [1.82, 2.24) is 9.38 Å². The number of imidazole rings is 1. The number of para-hydroxylation sites is 2. The van der Waals surface area contributed by atoms with Crippen LogP contribution in [0.15, 0.2) is 24.3 Å². The van der Waals surface area contributed by atoms with Crippen molar-refractivity contribution in [3.8, 4) is 6.07 Å². The fraction of sp³-hybridized carbons (Fsp3) is 0.538. The lowest BCUT2D eigenvalue weighted by Gasteiger charge is -2.41. The average molecular weight is 469 g/mol. The first-order valence-corrected chi connectivity index (χ1v) is 11.9. The number of hydrogen-bond acceptors (Lipinski definition) is 5. The first-order valence-electron chi connectivity index (χ1n) is 11.9. The Kier molecular flexibility index (Phi) is 6.86. The molecule has 0 aliphatic carbocycles. The number of fused-ring (bicyclic) bond motifs is 3. The summed E-state index contributed by atoms with van der Waals surface area (Å²) in [5.74, 6) is 1.51. The minimum absolute atomic E-state index is 0. The number of benzene rings is 1. The van der Waals surface area contributed by atoms with Crippen LogP contribution < -0.4 is 4.90 Å². The molecule has 1 N–H and O–H groups in total. The molecule has 7 heteroatoms. The summed E-state index contributed by atoms with van der Waals surface area (Å²) in [5.41, 5.74) is 5.92. The van der Waals surface area contributed by atoms with Gasteiger partial charge < -0.3 is 14.7 Å². The number of nitrogens with zero attached hydrogens (tertiary/aromatic N) is 4. The Hall–Kier alpha value is -2.33. The molecule has 6 nitrogen and oxygen atoms in total. The second-order valence-corrected chi connectivity index (χ2v) is 9.66. The monoisotopic (exact) mass is 468 g/mol. The van der Waals surface area contributed by atoms with E-state index in [9.17, 15) is 10.4 Å². The van der Waals surface area contributed by atoms with E-state index in [1.54, 1.807) is 0 Å². The molecule has 4 heterocycles. The Morgan fingerprint density at radius 3 is 2.55 bits per heavy atom. The zero-order chi connectivity index (χ0) is 22.3. The summed E-state index contributed by atoms with van der Waals surface area (Å²) >= 11 is 0. The molecular formula is C26H33ClN4O2. The van der Waals surface area contributed by atoms with E-state index in [-0.39, 0.29) is 24.4 Å². The molecule has 5 rings (SSSR count). The lowest BCUT2D eigenvalue weighted by molar-refractivity contribution is 0.0851. The second kappa shape index (κ2) is 9.50. The predicted molar refractivity (Wildman–Crippen MR) is 133 cm³/mol. The van der Waals surface area contributed by atoms with E-state index in [0.717, 1.165) is 80.7 Å². The summed E-state index contributed by atoms with van der Waals surface area (Å²) in [4.78, 5) is 7.43. The molecule has 0 saturated carbocycles. The average Bonchev–Trinajstić information content (AvgIpc) is 3.23. The highest BCUT2D eigenvalue weighted by Crippen LogP contribution is 2.42. The van der Waals surface area contributed by atoms with Gasteiger partial charge in [-0.3, -0.25) is 4.40 Å². The highest BCUT2D eigenvalue weighted by atomic mass is 35.5. The summed E-state index contributed by atoms with van der Waals surface area (Å²) in [7, 11) is 0. The van der Waals surface area contributed by atoms with Crippen molar-refractivity contribution >= 4 is 34.9 Å². The molecule has 2 saturated heterocycles. The lowest BCUT2D eigenvalue weighted by Crippen LogP contribution is -2.41. The van der Waals surface area contributed by atoms with Gasteiger partial charge in [0.15, 0.2) is 5.65 Å². The number of ether oxygens (including phenoxy) is 1. The van der Waals surface area contributed by atoms with Crippen molar-refractivity contribution in [2.24, 2.45) is 5.41 Å². The van der Waals surface area contributed by atoms with Gasteiger partial charge in [-0.05, 0) is 66.7 Å². The third-order valence-electron chi connectivity index (χ3n) is 7.61. The number of aromatic nitrogens is 2. The third kappa shape index (κ3) is 3.97. The van der Waals surface area contributed by atoms with Crippen LogP contribution in [0.3, 0.4) is 0 Å². The fourth-order valence-electron chi connectivity index (χ4n) is 5.58. The Morgan fingerprint density at radius 2 is 1.91 bits per heavy atom. The van der Waals surface area contributed by atoms with Gasteiger partial charge in [0, 0.05) is 32.9 Å². The van der Waals surface area contributed by atoms with Crippen molar-refractivity contribution in [1.29, 1.82) is 5.26 Å². The Morgan fingerprint density at radius 1 is 1.21 bits per heavy atom. The zero-order valence-electron chi connectivity index (χ0n) is 19.5. The molecule has 0 amide bonds. The lowest BCUT2D eigenvalue weighted by atomic mass is 9.80. The molecule has 2 fully saturated rings. The standard InChI is InChI=1S/C26H32N4O2.ClH/c1-3-19-23(18-8-14-32-15-9-18)20(16-27)24-28-21-6-4-5-7-22(21)30(24)25(19)29-12-10-26(2,17-31)11-13-29;/h4-7,18,31H,3,8-15,17H2,1-2H3;1H. The molecule has 2 aromatic heterocycles. The Balaban J connectivity index is 0.00000259. The molecule has 176 valence electrons. The summed E-state index contributed by atoms with van der Waals surface area (Å²) in [6.45, 7) is 7.89. The van der Waals surface area contributed by atoms with Crippen LogP contribution in [0.4, 0.5) is 5.82 Å². The minimum atomic E-state index is -0.0187. The van der Waals surface area contributed by atoms with Gasteiger partial charge in [-0.2, -0.15) is 5.26 Å². The molecule has 33 heavy (non-hydrogen) atoms. The molecule has 2 aliphatic rings. The van der Waals surface area contributed by atoms with Crippen LogP contribution in [0.25, 0.3) is 16.7 Å². The van der Waals surface area contributed by atoms with Crippen LogP contribution in [0, 0.1) is 16.7 Å². The van der Waals surface area contributed by atoms with E-state index in [1.807, 2.05) is 18.2 Å². The van der Waals surface area contributed by atoms with Gasteiger partial charge in [-0.1, -0.05) is 26.0 Å². The Labute approximate surface area is 201 Å². The molecule has 0 spiro atoms. The minimum Gasteiger partial charge on any atom is -0.396 e. The van der Waals surface area contributed by atoms with E-state index in [4.69, 9.17) is 9.72 Å². The van der Waals surface area contributed by atoms with E-state index in [1.165, 1.54) is 16.9 Å². The normalized spacial score (nSPS) is 18.9. The SMILES string of the molecule is CCc1c(C2CCOCC2)c(C#N)c2nc3ccccc3n2c1N1CCC(C)(CO)CC1.Cl. The number of rotatable bonds is 4. The van der Waals surface area contributed by atoms with Gasteiger partial charge in [0.1, 0.15) is 11.9 Å². The number of piperidine rings is 1. The first kappa shape index (κ1) is 23.8. The van der Waals surface area contributed by atoms with Gasteiger partial charge in [-0.25, -0.2) is 4.98 Å². The van der Waals surface area contributed by atoms with Crippen molar-refractivity contribution in [2.45, 2.75) is 51.9 Å². The molecule has 3 aromatic rings. The van der Waals surface area contributed by atoms with Gasteiger partial charge >= 0.3 is 0 Å². The fourth-order valence-corrected chi connectivity index (χ4v) is 5.58. The molecule has 2 aliphatic heterocycles. The maximum absolute atomic E-state index is 10.3. The molecular weight excluding hydrogens is 436 g/mol.